The molecule has 2 heteroatoms. The van der Waals surface area contributed by atoms with E-state index in [0.29, 0.717) is 0 Å². The molecule has 1 aromatic carbocycles. The van der Waals surface area contributed by atoms with Crippen molar-refractivity contribution in [3.63, 3.8) is 0 Å². The van der Waals surface area contributed by atoms with Gasteiger partial charge < -0.3 is 9.84 Å². The highest BCUT2D eigenvalue weighted by atomic mass is 16.5. The molecule has 0 radical (unpaired) electrons. The lowest BCUT2D eigenvalue weighted by molar-refractivity contribution is 0.159. The Balaban J connectivity index is 2.50. The van der Waals surface area contributed by atoms with Crippen molar-refractivity contribution in [3.8, 4) is 5.75 Å². The molecule has 1 N–H and O–H groups in total. The van der Waals surface area contributed by atoms with Crippen LogP contribution in [0.2, 0.25) is 0 Å². The molecule has 0 saturated heterocycles. The van der Waals surface area contributed by atoms with E-state index < -0.39 is 6.10 Å². The van der Waals surface area contributed by atoms with Crippen LogP contribution in [0.3, 0.4) is 0 Å². The fourth-order valence-electron chi connectivity index (χ4n) is 2.05. The third kappa shape index (κ3) is 4.53. The summed E-state index contributed by atoms with van der Waals surface area (Å²) in [4.78, 5) is 0. The van der Waals surface area contributed by atoms with Crippen LogP contribution in [0.1, 0.15) is 49.3 Å². The Kier molecular flexibility index (Phi) is 6.51. The summed E-state index contributed by atoms with van der Waals surface area (Å²) in [5, 5.41) is 10.2. The number of rotatable bonds is 8. The summed E-state index contributed by atoms with van der Waals surface area (Å²) in [6.45, 7) is 5.73. The number of hydrogen-bond donors (Lipinski definition) is 1. The molecule has 0 amide bonds. The zero-order chi connectivity index (χ0) is 13.4. The van der Waals surface area contributed by atoms with Crippen molar-refractivity contribution in [2.24, 2.45) is 0 Å². The molecule has 1 atom stereocenters. The van der Waals surface area contributed by atoms with E-state index in [2.05, 4.69) is 6.58 Å². The van der Waals surface area contributed by atoms with Gasteiger partial charge in [0.15, 0.2) is 0 Å². The van der Waals surface area contributed by atoms with Crippen LogP contribution in [-0.2, 0) is 0 Å². The molecule has 0 saturated carbocycles. The molecular formula is C16H24O2. The molecule has 2 nitrogen and oxygen atoms in total. The molecule has 0 aliphatic carbocycles. The van der Waals surface area contributed by atoms with E-state index in [1.54, 1.807) is 7.11 Å². The van der Waals surface area contributed by atoms with Crippen LogP contribution < -0.4 is 4.74 Å². The number of hydrogen-bond acceptors (Lipinski definition) is 2. The summed E-state index contributed by atoms with van der Waals surface area (Å²) < 4.78 is 5.32. The summed E-state index contributed by atoms with van der Waals surface area (Å²) in [5.41, 5.74) is 2.04. The number of allylic oxidation sites excluding steroid dienone is 1. The molecule has 0 aliphatic heterocycles. The van der Waals surface area contributed by atoms with Crippen LogP contribution in [-0.4, -0.2) is 12.2 Å². The van der Waals surface area contributed by atoms with Gasteiger partial charge in [-0.25, -0.2) is 0 Å². The van der Waals surface area contributed by atoms with Gasteiger partial charge in [0.25, 0.3) is 0 Å². The first-order chi connectivity index (χ1) is 8.69. The Morgan fingerprint density at radius 2 is 2.11 bits per heavy atom. The summed E-state index contributed by atoms with van der Waals surface area (Å²) in [6, 6.07) is 5.94. The average Bonchev–Trinajstić information content (AvgIpc) is 2.38. The lowest BCUT2D eigenvalue weighted by Crippen LogP contribution is -2.01. The molecule has 1 aromatic rings. The minimum atomic E-state index is -0.427. The van der Waals surface area contributed by atoms with Gasteiger partial charge in [0.05, 0.1) is 13.2 Å². The maximum absolute atomic E-state index is 10.2. The first-order valence-corrected chi connectivity index (χ1v) is 6.62. The van der Waals surface area contributed by atoms with Gasteiger partial charge in [-0.15, -0.1) is 6.58 Å². The summed E-state index contributed by atoms with van der Waals surface area (Å²) in [5.74, 6) is 0.786. The second-order valence-corrected chi connectivity index (χ2v) is 4.69. The fourth-order valence-corrected chi connectivity index (χ4v) is 2.05. The molecule has 0 aliphatic rings. The van der Waals surface area contributed by atoms with Gasteiger partial charge in [0.2, 0.25) is 0 Å². The van der Waals surface area contributed by atoms with Crippen LogP contribution >= 0.6 is 0 Å². The lowest BCUT2D eigenvalue weighted by atomic mass is 10.0. The monoisotopic (exact) mass is 248 g/mol. The zero-order valence-corrected chi connectivity index (χ0v) is 11.5. The van der Waals surface area contributed by atoms with Gasteiger partial charge in [-0.05, 0) is 37.8 Å². The predicted molar refractivity (Wildman–Crippen MR) is 76.0 cm³/mol. The van der Waals surface area contributed by atoms with E-state index in [1.165, 1.54) is 0 Å². The van der Waals surface area contributed by atoms with E-state index in [1.807, 2.05) is 31.2 Å². The standard InChI is InChI=1S/C16H24O2/c1-4-5-6-7-8-9-15(17)14-11-10-13(2)12-16(14)18-3/h4,10-12,15,17H,1,5-9H2,2-3H3. The lowest BCUT2D eigenvalue weighted by Gasteiger charge is -2.15. The number of ether oxygens (including phenoxy) is 1. The number of benzene rings is 1. The molecular weight excluding hydrogens is 224 g/mol. The van der Waals surface area contributed by atoms with Crippen molar-refractivity contribution < 1.29 is 9.84 Å². The number of unbranched alkanes of at least 4 members (excludes halogenated alkanes) is 3. The molecule has 0 bridgehead atoms. The van der Waals surface area contributed by atoms with Crippen molar-refractivity contribution in [1.82, 2.24) is 0 Å². The van der Waals surface area contributed by atoms with E-state index in [9.17, 15) is 5.11 Å². The van der Waals surface area contributed by atoms with Crippen LogP contribution in [0.4, 0.5) is 0 Å². The second-order valence-electron chi connectivity index (χ2n) is 4.69. The largest absolute Gasteiger partial charge is 0.496 e. The maximum atomic E-state index is 10.2. The highest BCUT2D eigenvalue weighted by molar-refractivity contribution is 5.38. The van der Waals surface area contributed by atoms with Crippen molar-refractivity contribution in [1.29, 1.82) is 0 Å². The SMILES string of the molecule is C=CCCCCCC(O)c1ccc(C)cc1OC. The topological polar surface area (TPSA) is 29.5 Å². The predicted octanol–water partition coefficient (Wildman–Crippen LogP) is 4.17. The maximum Gasteiger partial charge on any atom is 0.124 e. The first kappa shape index (κ1) is 14.8. The Bertz CT molecular complexity index is 371. The van der Waals surface area contributed by atoms with E-state index in [0.717, 1.165) is 49.0 Å². The summed E-state index contributed by atoms with van der Waals surface area (Å²) >= 11 is 0. The third-order valence-corrected chi connectivity index (χ3v) is 3.13. The molecule has 0 fully saturated rings. The fraction of sp³-hybridized carbons (Fsp3) is 0.500. The molecule has 100 valence electrons. The quantitative estimate of drug-likeness (QED) is 0.552. The van der Waals surface area contributed by atoms with Crippen molar-refractivity contribution in [3.05, 3.63) is 42.0 Å². The Morgan fingerprint density at radius 1 is 1.33 bits per heavy atom. The van der Waals surface area contributed by atoms with Gasteiger partial charge in [-0.2, -0.15) is 0 Å². The van der Waals surface area contributed by atoms with Gasteiger partial charge >= 0.3 is 0 Å². The highest BCUT2D eigenvalue weighted by Gasteiger charge is 2.12. The minimum Gasteiger partial charge on any atom is -0.496 e. The smallest absolute Gasteiger partial charge is 0.124 e. The van der Waals surface area contributed by atoms with Crippen LogP contribution in [0.25, 0.3) is 0 Å². The van der Waals surface area contributed by atoms with Crippen molar-refractivity contribution in [2.75, 3.05) is 7.11 Å². The molecule has 0 spiro atoms. The van der Waals surface area contributed by atoms with Crippen molar-refractivity contribution in [2.45, 2.75) is 45.1 Å². The Morgan fingerprint density at radius 3 is 2.78 bits per heavy atom. The molecule has 1 rings (SSSR count). The molecule has 0 heterocycles. The van der Waals surface area contributed by atoms with Crippen LogP contribution in [0.5, 0.6) is 5.75 Å². The van der Waals surface area contributed by atoms with Gasteiger partial charge in [0, 0.05) is 5.56 Å². The number of aryl methyl sites for hydroxylation is 1. The second kappa shape index (κ2) is 7.93. The number of methoxy groups -OCH3 is 1. The van der Waals surface area contributed by atoms with E-state index in [-0.39, 0.29) is 0 Å². The van der Waals surface area contributed by atoms with Crippen LogP contribution in [0, 0.1) is 6.92 Å². The van der Waals surface area contributed by atoms with Crippen molar-refractivity contribution >= 4 is 0 Å². The zero-order valence-electron chi connectivity index (χ0n) is 11.5. The molecule has 1 unspecified atom stereocenters. The molecule has 0 aromatic heterocycles. The van der Waals surface area contributed by atoms with E-state index >= 15 is 0 Å². The van der Waals surface area contributed by atoms with Gasteiger partial charge in [-0.1, -0.05) is 31.1 Å². The number of aliphatic hydroxyl groups is 1. The normalized spacial score (nSPS) is 12.2. The highest BCUT2D eigenvalue weighted by Crippen LogP contribution is 2.29. The van der Waals surface area contributed by atoms with Gasteiger partial charge in [-0.3, -0.25) is 0 Å². The van der Waals surface area contributed by atoms with Gasteiger partial charge in [0.1, 0.15) is 5.75 Å². The third-order valence-electron chi connectivity index (χ3n) is 3.13. The first-order valence-electron chi connectivity index (χ1n) is 6.62. The average molecular weight is 248 g/mol. The Hall–Kier alpha value is -1.28. The summed E-state index contributed by atoms with van der Waals surface area (Å²) in [7, 11) is 1.65. The Labute approximate surface area is 110 Å². The number of aliphatic hydroxyl groups excluding tert-OH is 1. The minimum absolute atomic E-state index is 0.427. The summed E-state index contributed by atoms with van der Waals surface area (Å²) in [6.07, 6.45) is 6.69. The van der Waals surface area contributed by atoms with Crippen LogP contribution in [0.15, 0.2) is 30.9 Å². The molecule has 18 heavy (non-hydrogen) atoms. The van der Waals surface area contributed by atoms with E-state index in [4.69, 9.17) is 4.74 Å².